The molecule has 3 aromatic rings. The van der Waals surface area contributed by atoms with Gasteiger partial charge in [0.2, 0.25) is 17.6 Å². The number of rotatable bonds is 12. The lowest BCUT2D eigenvalue weighted by atomic mass is 9.62. The number of ether oxygens (including phenoxy) is 4. The maximum atomic E-state index is 14.9. The van der Waals surface area contributed by atoms with Crippen molar-refractivity contribution in [2.75, 3.05) is 20.7 Å². The molecule has 13 nitrogen and oxygen atoms in total. The number of hydrogen-bond donors (Lipinski definition) is 2. The first-order chi connectivity index (χ1) is 26.7. The van der Waals surface area contributed by atoms with Crippen LogP contribution in [0, 0.1) is 5.41 Å². The number of esters is 2. The second-order valence-corrected chi connectivity index (χ2v) is 16.0. The van der Waals surface area contributed by atoms with Gasteiger partial charge in [-0.1, -0.05) is 84.9 Å². The Labute approximate surface area is 326 Å². The summed E-state index contributed by atoms with van der Waals surface area (Å²) in [5.41, 5.74) is 0.706. The van der Waals surface area contributed by atoms with Crippen LogP contribution in [0.15, 0.2) is 91.0 Å². The normalized spacial score (nSPS) is 27.0. The van der Waals surface area contributed by atoms with Crippen LogP contribution in [0.25, 0.3) is 6.08 Å². The number of aliphatic hydroxyl groups is 1. The van der Waals surface area contributed by atoms with Gasteiger partial charge in [0.05, 0.1) is 19.2 Å². The van der Waals surface area contributed by atoms with Crippen molar-refractivity contribution in [3.63, 3.8) is 0 Å². The lowest BCUT2D eigenvalue weighted by Crippen LogP contribution is -2.70. The van der Waals surface area contributed by atoms with Gasteiger partial charge in [0, 0.05) is 44.1 Å². The summed E-state index contributed by atoms with van der Waals surface area (Å²) in [6.07, 6.45) is -0.299. The molecule has 296 valence electrons. The molecule has 0 radical (unpaired) electrons. The molecule has 4 fully saturated rings. The SMILES string of the molecule is CN(C)C(=O)C=Cc1cccc(CN2OC3C4OC(c5ccccc5)(c5ccccc5)OC4C4CC3(C(=O)NC(CO)CCC(=O)OC(C)(C)C)C2C(=O)O4)c1. The number of carbonyl (C=O) groups is 4. The van der Waals surface area contributed by atoms with Gasteiger partial charge in [-0.2, -0.15) is 5.06 Å². The van der Waals surface area contributed by atoms with Crippen molar-refractivity contribution in [1.82, 2.24) is 15.3 Å². The Kier molecular flexibility index (Phi) is 10.9. The quantitative estimate of drug-likeness (QED) is 0.204. The van der Waals surface area contributed by atoms with Gasteiger partial charge < -0.3 is 34.3 Å². The summed E-state index contributed by atoms with van der Waals surface area (Å²) in [6, 6.07) is 24.4. The molecule has 13 heteroatoms. The molecule has 7 rings (SSSR count). The third-order valence-electron chi connectivity index (χ3n) is 10.7. The molecule has 56 heavy (non-hydrogen) atoms. The van der Waals surface area contributed by atoms with Crippen LogP contribution in [0.3, 0.4) is 0 Å². The number of nitrogens with one attached hydrogen (secondary N) is 1. The van der Waals surface area contributed by atoms with E-state index in [4.69, 9.17) is 23.8 Å². The molecule has 0 aromatic heterocycles. The molecule has 7 unspecified atom stereocenters. The number of carbonyl (C=O) groups excluding carboxylic acids is 4. The van der Waals surface area contributed by atoms with E-state index in [0.29, 0.717) is 11.1 Å². The van der Waals surface area contributed by atoms with Gasteiger partial charge in [-0.15, -0.1) is 0 Å². The Morgan fingerprint density at radius 3 is 2.27 bits per heavy atom. The van der Waals surface area contributed by atoms with Crippen LogP contribution >= 0.6 is 0 Å². The number of hydrogen-bond acceptors (Lipinski definition) is 11. The summed E-state index contributed by atoms with van der Waals surface area (Å²) in [5, 5.41) is 14.9. The molecule has 2 N–H and O–H groups in total. The van der Waals surface area contributed by atoms with E-state index in [2.05, 4.69) is 5.32 Å². The predicted molar refractivity (Wildman–Crippen MR) is 203 cm³/mol. The lowest BCUT2D eigenvalue weighted by molar-refractivity contribution is -0.213. The highest BCUT2D eigenvalue weighted by Gasteiger charge is 2.76. The van der Waals surface area contributed by atoms with Gasteiger partial charge in [-0.3, -0.25) is 24.0 Å². The molecule has 3 aliphatic heterocycles. The predicted octanol–water partition coefficient (Wildman–Crippen LogP) is 3.87. The summed E-state index contributed by atoms with van der Waals surface area (Å²) in [5.74, 6) is -3.23. The fourth-order valence-corrected chi connectivity index (χ4v) is 8.19. The van der Waals surface area contributed by atoms with Gasteiger partial charge in [0.15, 0.2) is 6.04 Å². The van der Waals surface area contributed by atoms with E-state index < -0.39 is 77.8 Å². The molecular weight excluding hydrogens is 718 g/mol. The van der Waals surface area contributed by atoms with Crippen LogP contribution in [0.1, 0.15) is 62.3 Å². The van der Waals surface area contributed by atoms with Crippen molar-refractivity contribution in [1.29, 1.82) is 0 Å². The zero-order chi connectivity index (χ0) is 39.8. The van der Waals surface area contributed by atoms with E-state index in [1.165, 1.54) is 16.0 Å². The Morgan fingerprint density at radius 1 is 0.982 bits per heavy atom. The molecule has 0 spiro atoms. The molecule has 4 aliphatic rings. The van der Waals surface area contributed by atoms with Crippen molar-refractivity contribution in [3.05, 3.63) is 113 Å². The summed E-state index contributed by atoms with van der Waals surface area (Å²) >= 11 is 0. The topological polar surface area (TPSA) is 153 Å². The van der Waals surface area contributed by atoms with Gasteiger partial charge >= 0.3 is 11.9 Å². The summed E-state index contributed by atoms with van der Waals surface area (Å²) < 4.78 is 25.6. The third kappa shape index (κ3) is 7.49. The third-order valence-corrected chi connectivity index (χ3v) is 10.7. The number of amides is 2. The van der Waals surface area contributed by atoms with E-state index in [9.17, 15) is 24.3 Å². The molecular formula is C43H49N3O10. The summed E-state index contributed by atoms with van der Waals surface area (Å²) in [4.78, 5) is 62.3. The first-order valence-electron chi connectivity index (χ1n) is 19.0. The van der Waals surface area contributed by atoms with Crippen molar-refractivity contribution in [3.8, 4) is 0 Å². The van der Waals surface area contributed by atoms with Crippen molar-refractivity contribution in [2.45, 2.75) is 94.5 Å². The Hall–Kier alpha value is -4.92. The molecule has 3 aromatic carbocycles. The fraction of sp³-hybridized carbons (Fsp3) is 0.442. The second-order valence-electron chi connectivity index (χ2n) is 16.0. The average Bonchev–Trinajstić information content (AvgIpc) is 3.75. The number of fused-ring (bicyclic) bond motifs is 4. The number of hydroxylamine groups is 2. The first kappa shape index (κ1) is 39.3. The van der Waals surface area contributed by atoms with Crippen LogP contribution in [-0.4, -0.2) is 102 Å². The Balaban J connectivity index is 1.25. The number of likely N-dealkylation sites (N-methyl/N-ethyl adjacent to an activating group) is 1. The van der Waals surface area contributed by atoms with Crippen LogP contribution < -0.4 is 5.32 Å². The molecule has 3 heterocycles. The van der Waals surface area contributed by atoms with Crippen LogP contribution in [-0.2, 0) is 55.3 Å². The number of nitrogens with zero attached hydrogens (tertiary/aromatic N) is 2. The van der Waals surface area contributed by atoms with Gasteiger partial charge in [-0.25, -0.2) is 0 Å². The van der Waals surface area contributed by atoms with Crippen LogP contribution in [0.5, 0.6) is 0 Å². The van der Waals surface area contributed by atoms with Gasteiger partial charge in [0.25, 0.3) is 0 Å². The highest BCUT2D eigenvalue weighted by atomic mass is 16.8. The van der Waals surface area contributed by atoms with Crippen molar-refractivity contribution in [2.24, 2.45) is 5.41 Å². The minimum Gasteiger partial charge on any atom is -0.460 e. The van der Waals surface area contributed by atoms with E-state index in [1.54, 1.807) is 40.9 Å². The average molecular weight is 768 g/mol. The monoisotopic (exact) mass is 767 g/mol. The zero-order valence-corrected chi connectivity index (χ0v) is 32.3. The van der Waals surface area contributed by atoms with Gasteiger partial charge in [-0.05, 0) is 44.4 Å². The molecule has 1 saturated carbocycles. The Bertz CT molecular complexity index is 1930. The molecule has 3 saturated heterocycles. The van der Waals surface area contributed by atoms with Crippen molar-refractivity contribution >= 4 is 29.8 Å². The smallest absolute Gasteiger partial charge is 0.327 e. The van der Waals surface area contributed by atoms with E-state index in [1.807, 2.05) is 84.9 Å². The molecule has 7 atom stereocenters. The van der Waals surface area contributed by atoms with Crippen molar-refractivity contribution < 1.29 is 48.1 Å². The number of benzene rings is 3. The minimum absolute atomic E-state index is 0.0425. The number of aliphatic hydroxyl groups excluding tert-OH is 1. The standard InChI is InChI=1S/C43H49N3O10/c1-41(2,3)53-34(49)22-20-31(26-47)44-40(51)42-24-32-35-36(55-43(54-35,29-15-8-6-9-16-29)30-17-10-7-11-18-30)38(42)56-46(37(42)39(50)52-32)25-28-14-12-13-27(23-28)19-21-33(48)45(4)5/h6-19,21,23,31-32,35-38,47H,20,22,24-26H2,1-5H3,(H,44,51). The zero-order valence-electron chi connectivity index (χ0n) is 32.3. The molecule has 2 amide bonds. The summed E-state index contributed by atoms with van der Waals surface area (Å²) in [7, 11) is 3.34. The van der Waals surface area contributed by atoms with E-state index in [-0.39, 0.29) is 31.7 Å². The van der Waals surface area contributed by atoms with Gasteiger partial charge in [0.1, 0.15) is 35.4 Å². The second kappa shape index (κ2) is 15.5. The Morgan fingerprint density at radius 2 is 1.64 bits per heavy atom. The van der Waals surface area contributed by atoms with E-state index in [0.717, 1.165) is 11.1 Å². The fourth-order valence-electron chi connectivity index (χ4n) is 8.19. The minimum atomic E-state index is -1.54. The largest absolute Gasteiger partial charge is 0.460 e. The van der Waals surface area contributed by atoms with Crippen LogP contribution in [0.4, 0.5) is 0 Å². The molecule has 1 aliphatic carbocycles. The van der Waals surface area contributed by atoms with Crippen LogP contribution in [0.2, 0.25) is 0 Å². The summed E-state index contributed by atoms with van der Waals surface area (Å²) in [6.45, 7) is 4.94. The highest BCUT2D eigenvalue weighted by Crippen LogP contribution is 2.59. The lowest BCUT2D eigenvalue weighted by Gasteiger charge is -2.49. The maximum absolute atomic E-state index is 14.9. The first-order valence-corrected chi connectivity index (χ1v) is 19.0. The molecule has 2 bridgehead atoms. The van der Waals surface area contributed by atoms with E-state index >= 15 is 0 Å². The highest BCUT2D eigenvalue weighted by molar-refractivity contribution is 5.94. The maximum Gasteiger partial charge on any atom is 0.327 e.